The average Bonchev–Trinajstić information content (AvgIpc) is 2.71. The van der Waals surface area contributed by atoms with Crippen molar-refractivity contribution >= 4 is 46.8 Å². The van der Waals surface area contributed by atoms with Gasteiger partial charge in [0.25, 0.3) is 11.8 Å². The molecule has 0 unspecified atom stereocenters. The molecule has 2 aromatic rings. The van der Waals surface area contributed by atoms with Crippen LogP contribution in [0.5, 0.6) is 0 Å². The zero-order valence-corrected chi connectivity index (χ0v) is 17.5. The molecule has 29 heavy (non-hydrogen) atoms. The second-order valence-corrected chi connectivity index (χ2v) is 7.23. The minimum Gasteiger partial charge on any atom is -0.454 e. The van der Waals surface area contributed by atoms with Crippen LogP contribution in [0.3, 0.4) is 0 Å². The minimum atomic E-state index is -0.898. The topological polar surface area (TPSA) is 97.4 Å². The molecule has 1 aromatic heterocycles. The van der Waals surface area contributed by atoms with Gasteiger partial charge in [-0.25, -0.2) is 9.78 Å². The highest BCUT2D eigenvalue weighted by Gasteiger charge is 2.28. The van der Waals surface area contributed by atoms with Crippen LogP contribution >= 0.6 is 23.2 Å². The molecule has 0 fully saturated rings. The number of carbonyl (C=O) groups is 3. The normalized spacial score (nSPS) is 12.6. The molecule has 0 bridgehead atoms. The lowest BCUT2D eigenvalue weighted by Gasteiger charge is -2.22. The second-order valence-electron chi connectivity index (χ2n) is 6.36. The van der Waals surface area contributed by atoms with Crippen molar-refractivity contribution in [3.63, 3.8) is 0 Å². The van der Waals surface area contributed by atoms with Crippen LogP contribution < -0.4 is 10.6 Å². The number of halogens is 2. The lowest BCUT2D eigenvalue weighted by atomic mass is 9.99. The molecule has 0 saturated heterocycles. The number of benzene rings is 1. The monoisotopic (exact) mass is 437 g/mol. The van der Waals surface area contributed by atoms with Gasteiger partial charge in [0.1, 0.15) is 11.9 Å². The third-order valence-electron chi connectivity index (χ3n) is 4.20. The molecule has 1 aromatic carbocycles. The van der Waals surface area contributed by atoms with Crippen LogP contribution in [0, 0.1) is 5.92 Å². The van der Waals surface area contributed by atoms with E-state index in [1.807, 2.05) is 13.8 Å². The van der Waals surface area contributed by atoms with Crippen molar-refractivity contribution < 1.29 is 19.1 Å². The second kappa shape index (κ2) is 10.8. The first kappa shape index (κ1) is 22.6. The van der Waals surface area contributed by atoms with Crippen LogP contribution in [0.2, 0.25) is 10.0 Å². The molecule has 7 nitrogen and oxygen atoms in total. The van der Waals surface area contributed by atoms with Crippen LogP contribution in [-0.2, 0) is 14.3 Å². The Kier molecular flexibility index (Phi) is 8.42. The molecule has 0 spiro atoms. The summed E-state index contributed by atoms with van der Waals surface area (Å²) < 4.78 is 5.10. The SMILES string of the molecule is CC[C@H](C)[C@H](NC(=O)c1ccc(Cl)cc1)C(=O)OCC(=O)Nc1ccc(Cl)cn1. The molecule has 154 valence electrons. The molecular weight excluding hydrogens is 417 g/mol. The van der Waals surface area contributed by atoms with Crippen molar-refractivity contribution in [2.24, 2.45) is 5.92 Å². The molecule has 0 aliphatic carbocycles. The molecule has 2 atom stereocenters. The van der Waals surface area contributed by atoms with E-state index >= 15 is 0 Å². The van der Waals surface area contributed by atoms with E-state index in [-0.39, 0.29) is 11.7 Å². The number of amides is 2. The third-order valence-corrected chi connectivity index (χ3v) is 4.68. The number of aromatic nitrogens is 1. The summed E-state index contributed by atoms with van der Waals surface area (Å²) in [6.45, 7) is 3.19. The summed E-state index contributed by atoms with van der Waals surface area (Å²) in [6, 6.07) is 8.49. The molecule has 0 radical (unpaired) electrons. The number of nitrogens with zero attached hydrogens (tertiary/aromatic N) is 1. The fraction of sp³-hybridized carbons (Fsp3) is 0.300. The van der Waals surface area contributed by atoms with Crippen molar-refractivity contribution in [2.45, 2.75) is 26.3 Å². The molecule has 1 heterocycles. The maximum absolute atomic E-state index is 12.5. The number of hydrogen-bond donors (Lipinski definition) is 2. The van der Waals surface area contributed by atoms with E-state index < -0.39 is 30.4 Å². The highest BCUT2D eigenvalue weighted by Crippen LogP contribution is 2.13. The number of hydrogen-bond acceptors (Lipinski definition) is 5. The number of rotatable bonds is 8. The molecule has 0 aliphatic heterocycles. The van der Waals surface area contributed by atoms with Gasteiger partial charge in [0.2, 0.25) is 0 Å². The van der Waals surface area contributed by atoms with Crippen molar-refractivity contribution in [3.05, 3.63) is 58.2 Å². The molecule has 0 saturated carbocycles. The van der Waals surface area contributed by atoms with Crippen molar-refractivity contribution in [2.75, 3.05) is 11.9 Å². The Morgan fingerprint density at radius 1 is 1.07 bits per heavy atom. The summed E-state index contributed by atoms with van der Waals surface area (Å²) in [4.78, 5) is 40.8. The fourth-order valence-corrected chi connectivity index (χ4v) is 2.59. The smallest absolute Gasteiger partial charge is 0.329 e. The van der Waals surface area contributed by atoms with E-state index in [0.717, 1.165) is 0 Å². The Bertz CT molecular complexity index is 857. The van der Waals surface area contributed by atoms with Crippen molar-refractivity contribution in [1.29, 1.82) is 0 Å². The van der Waals surface area contributed by atoms with E-state index in [0.29, 0.717) is 22.0 Å². The van der Waals surface area contributed by atoms with Crippen molar-refractivity contribution in [3.8, 4) is 0 Å². The van der Waals surface area contributed by atoms with E-state index in [1.165, 1.54) is 12.3 Å². The molecule has 2 rings (SSSR count). The first-order chi connectivity index (χ1) is 13.8. The zero-order chi connectivity index (χ0) is 21.4. The minimum absolute atomic E-state index is 0.195. The number of ether oxygens (including phenoxy) is 1. The average molecular weight is 438 g/mol. The maximum Gasteiger partial charge on any atom is 0.329 e. The van der Waals surface area contributed by atoms with Gasteiger partial charge in [0.15, 0.2) is 6.61 Å². The van der Waals surface area contributed by atoms with Crippen LogP contribution in [0.15, 0.2) is 42.6 Å². The number of pyridine rings is 1. The van der Waals surface area contributed by atoms with Crippen LogP contribution in [0.25, 0.3) is 0 Å². The van der Waals surface area contributed by atoms with E-state index in [4.69, 9.17) is 27.9 Å². The lowest BCUT2D eigenvalue weighted by molar-refractivity contribution is -0.150. The Morgan fingerprint density at radius 3 is 2.31 bits per heavy atom. The quantitative estimate of drug-likeness (QED) is 0.613. The lowest BCUT2D eigenvalue weighted by Crippen LogP contribution is -2.46. The highest BCUT2D eigenvalue weighted by molar-refractivity contribution is 6.30. The van der Waals surface area contributed by atoms with Crippen LogP contribution in [-0.4, -0.2) is 35.4 Å². The van der Waals surface area contributed by atoms with Gasteiger partial charge >= 0.3 is 5.97 Å². The van der Waals surface area contributed by atoms with Gasteiger partial charge in [-0.05, 0) is 42.3 Å². The molecule has 2 N–H and O–H groups in total. The van der Waals surface area contributed by atoms with Gasteiger partial charge < -0.3 is 15.4 Å². The standard InChI is InChI=1S/C20H21Cl2N3O4/c1-3-12(2)18(25-19(27)13-4-6-14(21)7-5-13)20(28)29-11-17(26)24-16-9-8-15(22)10-23-16/h4-10,12,18H,3,11H2,1-2H3,(H,25,27)(H,23,24,26)/t12-,18-/m0/s1. The number of anilines is 1. The van der Waals surface area contributed by atoms with E-state index in [2.05, 4.69) is 15.6 Å². The predicted molar refractivity (Wildman–Crippen MR) is 111 cm³/mol. The fourth-order valence-electron chi connectivity index (χ4n) is 2.35. The first-order valence-corrected chi connectivity index (χ1v) is 9.70. The largest absolute Gasteiger partial charge is 0.454 e. The number of carbonyl (C=O) groups excluding carboxylic acids is 3. The van der Waals surface area contributed by atoms with Crippen LogP contribution in [0.1, 0.15) is 30.6 Å². The van der Waals surface area contributed by atoms with Gasteiger partial charge in [-0.2, -0.15) is 0 Å². The van der Waals surface area contributed by atoms with Gasteiger partial charge in [-0.1, -0.05) is 43.5 Å². The Labute approximate surface area is 178 Å². The Balaban J connectivity index is 1.95. The first-order valence-electron chi connectivity index (χ1n) is 8.94. The van der Waals surface area contributed by atoms with Gasteiger partial charge in [0, 0.05) is 16.8 Å². The Morgan fingerprint density at radius 2 is 1.72 bits per heavy atom. The molecule has 0 aliphatic rings. The van der Waals surface area contributed by atoms with Gasteiger partial charge in [0.05, 0.1) is 5.02 Å². The number of nitrogens with one attached hydrogen (secondary N) is 2. The molecular formula is C20H21Cl2N3O4. The van der Waals surface area contributed by atoms with Gasteiger partial charge in [-0.3, -0.25) is 9.59 Å². The Hall–Kier alpha value is -2.64. The summed E-state index contributed by atoms with van der Waals surface area (Å²) in [6.07, 6.45) is 2.01. The predicted octanol–water partition coefficient (Wildman–Crippen LogP) is 3.71. The summed E-state index contributed by atoms with van der Waals surface area (Å²) in [5.74, 6) is -1.59. The summed E-state index contributed by atoms with van der Waals surface area (Å²) in [5, 5.41) is 6.09. The summed E-state index contributed by atoms with van der Waals surface area (Å²) in [7, 11) is 0. The van der Waals surface area contributed by atoms with Crippen LogP contribution in [0.4, 0.5) is 5.82 Å². The zero-order valence-electron chi connectivity index (χ0n) is 15.9. The summed E-state index contributed by atoms with van der Waals surface area (Å²) >= 11 is 11.6. The third kappa shape index (κ3) is 7.03. The van der Waals surface area contributed by atoms with E-state index in [9.17, 15) is 14.4 Å². The molecule has 9 heteroatoms. The van der Waals surface area contributed by atoms with E-state index in [1.54, 1.807) is 30.3 Å². The van der Waals surface area contributed by atoms with Crippen molar-refractivity contribution in [1.82, 2.24) is 10.3 Å². The molecule has 2 amide bonds. The number of esters is 1. The maximum atomic E-state index is 12.5. The highest BCUT2D eigenvalue weighted by atomic mass is 35.5. The van der Waals surface area contributed by atoms with Gasteiger partial charge in [-0.15, -0.1) is 0 Å². The summed E-state index contributed by atoms with van der Waals surface area (Å²) in [5.41, 5.74) is 0.363.